The smallest absolute Gasteiger partial charge is 0.350 e. The van der Waals surface area contributed by atoms with Gasteiger partial charge >= 0.3 is 6.18 Å². The molecule has 0 aliphatic heterocycles. The third kappa shape index (κ3) is 5.17. The van der Waals surface area contributed by atoms with Gasteiger partial charge in [0.15, 0.2) is 11.7 Å². The maximum absolute atomic E-state index is 12.5. The minimum atomic E-state index is -4.41. The summed E-state index contributed by atoms with van der Waals surface area (Å²) in [6.07, 6.45) is -1.63. The lowest BCUT2D eigenvalue weighted by Gasteiger charge is -2.09. The highest BCUT2D eigenvalue weighted by Crippen LogP contribution is 2.29. The minimum Gasteiger partial charge on any atom is -0.350 e. The van der Waals surface area contributed by atoms with Crippen molar-refractivity contribution in [2.24, 2.45) is 4.99 Å². The zero-order chi connectivity index (χ0) is 16.9. The van der Waals surface area contributed by atoms with Crippen LogP contribution in [0.15, 0.2) is 16.6 Å². The highest BCUT2D eigenvalue weighted by atomic mass is 32.1. The fourth-order valence-electron chi connectivity index (χ4n) is 1.65. The van der Waals surface area contributed by atoms with E-state index in [2.05, 4.69) is 32.5 Å². The summed E-state index contributed by atoms with van der Waals surface area (Å²) in [6, 6.07) is 0. The maximum atomic E-state index is 12.5. The highest BCUT2D eigenvalue weighted by molar-refractivity contribution is 7.11. The Labute approximate surface area is 139 Å². The number of hydrogen-bond acceptors (Lipinski definition) is 5. The average molecular weight is 363 g/mol. The Morgan fingerprint density at radius 2 is 1.96 bits per heavy atom. The summed E-state index contributed by atoms with van der Waals surface area (Å²) < 4.78 is 37.5. The van der Waals surface area contributed by atoms with Crippen molar-refractivity contribution >= 4 is 28.6 Å². The Kier molecular flexibility index (Phi) is 5.94. The lowest BCUT2D eigenvalue weighted by molar-refractivity contribution is -0.140. The van der Waals surface area contributed by atoms with Gasteiger partial charge < -0.3 is 10.6 Å². The third-order valence-corrected chi connectivity index (χ3v) is 4.82. The zero-order valence-electron chi connectivity index (χ0n) is 12.6. The fourth-order valence-corrected chi connectivity index (χ4v) is 3.20. The number of guanidine groups is 1. The Bertz CT molecular complexity index is 663. The molecule has 0 amide bonds. The monoisotopic (exact) mass is 363 g/mol. The van der Waals surface area contributed by atoms with Crippen LogP contribution < -0.4 is 10.6 Å². The number of rotatable bonds is 5. The molecule has 2 N–H and O–H groups in total. The number of nitrogens with one attached hydrogen (secondary N) is 2. The van der Waals surface area contributed by atoms with Crippen LogP contribution in [0, 0.1) is 0 Å². The van der Waals surface area contributed by atoms with E-state index >= 15 is 0 Å². The Hall–Kier alpha value is -1.68. The van der Waals surface area contributed by atoms with Crippen molar-refractivity contribution in [1.82, 2.24) is 20.6 Å². The molecule has 126 valence electrons. The molecule has 0 atom stereocenters. The second-order valence-corrected chi connectivity index (χ2v) is 6.62. The van der Waals surface area contributed by atoms with Crippen molar-refractivity contribution < 1.29 is 13.2 Å². The first-order chi connectivity index (χ1) is 10.9. The number of thiazole rings is 2. The molecule has 0 bridgehead atoms. The molecule has 2 heterocycles. The fraction of sp³-hybridized carbons (Fsp3) is 0.462. The van der Waals surface area contributed by atoms with Gasteiger partial charge in [-0.15, -0.1) is 22.7 Å². The number of aliphatic imine (C=N–C) groups is 1. The predicted molar refractivity (Wildman–Crippen MR) is 85.6 cm³/mol. The van der Waals surface area contributed by atoms with Gasteiger partial charge in [-0.2, -0.15) is 13.2 Å². The standard InChI is InChI=1S/C13H16F3N5S2/c1-3-8-4-18-10(23-8)5-19-12(17-2)20-6-11-21-9(7-22-11)13(14,15)16/h4,7H,3,5-6H2,1-2H3,(H2,17,19,20). The van der Waals surface area contributed by atoms with Crippen LogP contribution in [0.25, 0.3) is 0 Å². The number of nitrogens with zero attached hydrogens (tertiary/aromatic N) is 3. The molecule has 0 saturated carbocycles. The Morgan fingerprint density at radius 3 is 2.48 bits per heavy atom. The van der Waals surface area contributed by atoms with E-state index in [4.69, 9.17) is 0 Å². The van der Waals surface area contributed by atoms with E-state index in [1.165, 1.54) is 4.88 Å². The van der Waals surface area contributed by atoms with Gasteiger partial charge in [0.05, 0.1) is 13.1 Å². The molecule has 0 aliphatic rings. The molecule has 2 rings (SSSR count). The topological polar surface area (TPSA) is 62.2 Å². The normalized spacial score (nSPS) is 12.5. The van der Waals surface area contributed by atoms with E-state index in [-0.39, 0.29) is 6.54 Å². The van der Waals surface area contributed by atoms with Gasteiger partial charge in [0.1, 0.15) is 10.0 Å². The summed E-state index contributed by atoms with van der Waals surface area (Å²) in [5.74, 6) is 0.488. The van der Waals surface area contributed by atoms with Gasteiger partial charge in [-0.3, -0.25) is 4.99 Å². The Balaban J connectivity index is 1.84. The molecule has 0 unspecified atom stereocenters. The van der Waals surface area contributed by atoms with Crippen LogP contribution in [0.3, 0.4) is 0 Å². The molecule has 0 aromatic carbocycles. The summed E-state index contributed by atoms with van der Waals surface area (Å²) in [5.41, 5.74) is -0.864. The van der Waals surface area contributed by atoms with E-state index < -0.39 is 11.9 Å². The van der Waals surface area contributed by atoms with E-state index in [0.29, 0.717) is 17.5 Å². The van der Waals surface area contributed by atoms with Crippen LogP contribution in [-0.2, 0) is 25.7 Å². The van der Waals surface area contributed by atoms with Crippen molar-refractivity contribution in [3.05, 3.63) is 32.2 Å². The third-order valence-electron chi connectivity index (χ3n) is 2.83. The van der Waals surface area contributed by atoms with E-state index in [0.717, 1.165) is 28.1 Å². The first-order valence-electron chi connectivity index (χ1n) is 6.82. The lowest BCUT2D eigenvalue weighted by atomic mass is 10.4. The SMILES string of the molecule is CCc1cnc(CNC(=NC)NCc2nc(C(F)(F)F)cs2)s1. The molecule has 2 aromatic heterocycles. The van der Waals surface area contributed by atoms with Gasteiger partial charge in [-0.25, -0.2) is 9.97 Å². The molecule has 0 spiro atoms. The summed E-state index contributed by atoms with van der Waals surface area (Å²) in [7, 11) is 1.59. The first kappa shape index (κ1) is 17.7. The summed E-state index contributed by atoms with van der Waals surface area (Å²) in [5, 5.41) is 8.30. The number of halogens is 3. The van der Waals surface area contributed by atoms with Crippen LogP contribution >= 0.6 is 22.7 Å². The van der Waals surface area contributed by atoms with Crippen molar-refractivity contribution in [2.45, 2.75) is 32.6 Å². The molecule has 0 saturated heterocycles. The van der Waals surface area contributed by atoms with E-state index in [1.807, 2.05) is 6.20 Å². The molecule has 5 nitrogen and oxygen atoms in total. The second-order valence-electron chi connectivity index (χ2n) is 4.48. The van der Waals surface area contributed by atoms with Crippen molar-refractivity contribution in [3.8, 4) is 0 Å². The second kappa shape index (κ2) is 7.73. The summed E-state index contributed by atoms with van der Waals surface area (Å²) in [6.45, 7) is 2.75. The van der Waals surface area contributed by atoms with Crippen molar-refractivity contribution in [2.75, 3.05) is 7.05 Å². The van der Waals surface area contributed by atoms with E-state index in [9.17, 15) is 13.2 Å². The van der Waals surface area contributed by atoms with E-state index in [1.54, 1.807) is 18.4 Å². The van der Waals surface area contributed by atoms with Gasteiger partial charge in [-0.1, -0.05) is 6.92 Å². The van der Waals surface area contributed by atoms with Crippen molar-refractivity contribution in [1.29, 1.82) is 0 Å². The minimum absolute atomic E-state index is 0.179. The number of hydrogen-bond donors (Lipinski definition) is 2. The first-order valence-corrected chi connectivity index (χ1v) is 8.51. The molecule has 2 aromatic rings. The van der Waals surface area contributed by atoms with Gasteiger partial charge in [0, 0.05) is 23.5 Å². The molecule has 23 heavy (non-hydrogen) atoms. The van der Waals surface area contributed by atoms with Gasteiger partial charge in [-0.05, 0) is 6.42 Å². The maximum Gasteiger partial charge on any atom is 0.434 e. The number of aryl methyl sites for hydroxylation is 1. The van der Waals surface area contributed by atoms with Crippen LogP contribution in [0.1, 0.15) is 27.5 Å². The van der Waals surface area contributed by atoms with Crippen LogP contribution in [-0.4, -0.2) is 23.0 Å². The van der Waals surface area contributed by atoms with Crippen molar-refractivity contribution in [3.63, 3.8) is 0 Å². The molecule has 10 heteroatoms. The molecule has 0 radical (unpaired) electrons. The molecular formula is C13H16F3N5S2. The van der Waals surface area contributed by atoms with Gasteiger partial charge in [0.25, 0.3) is 0 Å². The van der Waals surface area contributed by atoms with Gasteiger partial charge in [0.2, 0.25) is 0 Å². The Morgan fingerprint density at radius 1 is 1.26 bits per heavy atom. The highest BCUT2D eigenvalue weighted by Gasteiger charge is 2.33. The van der Waals surface area contributed by atoms with Crippen LogP contribution in [0.2, 0.25) is 0 Å². The van der Waals surface area contributed by atoms with Crippen LogP contribution in [0.4, 0.5) is 13.2 Å². The molecule has 0 aliphatic carbocycles. The zero-order valence-corrected chi connectivity index (χ0v) is 14.2. The lowest BCUT2D eigenvalue weighted by Crippen LogP contribution is -2.36. The summed E-state index contributed by atoms with van der Waals surface area (Å²) >= 11 is 2.58. The summed E-state index contributed by atoms with van der Waals surface area (Å²) in [4.78, 5) is 13.1. The largest absolute Gasteiger partial charge is 0.434 e. The quantitative estimate of drug-likeness (QED) is 0.633. The number of aromatic nitrogens is 2. The molecular weight excluding hydrogens is 347 g/mol. The number of alkyl halides is 3. The molecule has 0 fully saturated rings. The average Bonchev–Trinajstić information content (AvgIpc) is 3.15. The predicted octanol–water partition coefficient (Wildman–Crippen LogP) is 3.05. The van der Waals surface area contributed by atoms with Crippen LogP contribution in [0.5, 0.6) is 0 Å².